The molecule has 0 saturated carbocycles. The smallest absolute Gasteiger partial charge is 0.300 e. The first kappa shape index (κ1) is 27.4. The van der Waals surface area contributed by atoms with E-state index in [1.54, 1.807) is 0 Å². The average molecular weight is 318 g/mol. The van der Waals surface area contributed by atoms with Crippen molar-refractivity contribution < 1.29 is 39.6 Å². The van der Waals surface area contributed by atoms with E-state index >= 15 is 0 Å². The maximum Gasteiger partial charge on any atom is 0.300 e. The highest BCUT2D eigenvalue weighted by Gasteiger charge is 1.66. The molecule has 0 radical (unpaired) electrons. The Bertz CT molecular complexity index is 310. The third-order valence-corrected chi connectivity index (χ3v) is 0.667. The van der Waals surface area contributed by atoms with Crippen LogP contribution in [-0.2, 0) is 19.2 Å². The fraction of sp³-hybridized carbons (Fsp3) is 0.286. The molecule has 1 rings (SSSR count). The molecule has 4 N–H and O–H groups in total. The summed E-state index contributed by atoms with van der Waals surface area (Å²) >= 11 is 0. The minimum Gasteiger partial charge on any atom is -0.481 e. The second-order valence-electron chi connectivity index (χ2n) is 3.23. The number of carboxylic acids is 4. The second-order valence-corrected chi connectivity index (χ2v) is 3.23. The van der Waals surface area contributed by atoms with Crippen molar-refractivity contribution in [2.45, 2.75) is 27.7 Å². The zero-order valence-corrected chi connectivity index (χ0v) is 12.9. The van der Waals surface area contributed by atoms with E-state index < -0.39 is 23.9 Å². The molecule has 0 amide bonds. The normalized spacial score (nSPS) is 6.73. The lowest BCUT2D eigenvalue weighted by molar-refractivity contribution is -0.135. The summed E-state index contributed by atoms with van der Waals surface area (Å²) in [5.74, 6) is -3.33. The predicted molar refractivity (Wildman–Crippen MR) is 79.7 cm³/mol. The Hall–Kier alpha value is -2.90. The van der Waals surface area contributed by atoms with E-state index in [0.717, 1.165) is 27.7 Å². The van der Waals surface area contributed by atoms with Crippen molar-refractivity contribution in [3.8, 4) is 0 Å². The summed E-state index contributed by atoms with van der Waals surface area (Å²) in [5, 5.41) is 29.7. The molecule has 0 aromatic heterocycles. The molecule has 0 fully saturated rings. The van der Waals surface area contributed by atoms with Gasteiger partial charge in [-0.3, -0.25) is 19.2 Å². The van der Waals surface area contributed by atoms with Crippen LogP contribution in [0.3, 0.4) is 0 Å². The Kier molecular flexibility index (Phi) is 29.0. The van der Waals surface area contributed by atoms with E-state index in [2.05, 4.69) is 0 Å². The van der Waals surface area contributed by atoms with Gasteiger partial charge in [0.2, 0.25) is 0 Å². The lowest BCUT2D eigenvalue weighted by Gasteiger charge is -1.69. The average Bonchev–Trinajstić information content (AvgIpc) is 2.28. The van der Waals surface area contributed by atoms with E-state index in [1.165, 1.54) is 0 Å². The van der Waals surface area contributed by atoms with Crippen LogP contribution in [0.1, 0.15) is 27.7 Å². The summed E-state index contributed by atoms with van der Waals surface area (Å²) in [4.78, 5) is 36.0. The minimum absolute atomic E-state index is 0.833. The first-order valence-corrected chi connectivity index (χ1v) is 5.71. The molecule has 0 heterocycles. The van der Waals surface area contributed by atoms with Crippen LogP contribution >= 0.6 is 0 Å². The van der Waals surface area contributed by atoms with Crippen molar-refractivity contribution in [1.29, 1.82) is 0 Å². The van der Waals surface area contributed by atoms with Gasteiger partial charge in [0.1, 0.15) is 0 Å². The van der Waals surface area contributed by atoms with Crippen molar-refractivity contribution in [1.82, 2.24) is 0 Å². The first-order valence-electron chi connectivity index (χ1n) is 5.71. The zero-order chi connectivity index (χ0) is 18.6. The van der Waals surface area contributed by atoms with Gasteiger partial charge in [0.25, 0.3) is 23.9 Å². The number of benzene rings is 1. The van der Waals surface area contributed by atoms with Crippen LogP contribution in [0.25, 0.3) is 0 Å². The minimum atomic E-state index is -0.833. The van der Waals surface area contributed by atoms with Crippen LogP contribution < -0.4 is 0 Å². The summed E-state index contributed by atoms with van der Waals surface area (Å²) < 4.78 is 0. The Labute approximate surface area is 128 Å². The lowest BCUT2D eigenvalue weighted by Crippen LogP contribution is -1.78. The van der Waals surface area contributed by atoms with E-state index in [9.17, 15) is 0 Å². The van der Waals surface area contributed by atoms with Gasteiger partial charge in [-0.1, -0.05) is 36.4 Å². The van der Waals surface area contributed by atoms with Crippen molar-refractivity contribution in [2.75, 3.05) is 0 Å². The summed E-state index contributed by atoms with van der Waals surface area (Å²) in [6.45, 7) is 4.33. The maximum absolute atomic E-state index is 9.00. The zero-order valence-electron chi connectivity index (χ0n) is 12.9. The monoisotopic (exact) mass is 318 g/mol. The van der Waals surface area contributed by atoms with Gasteiger partial charge in [-0.05, 0) is 0 Å². The van der Waals surface area contributed by atoms with Gasteiger partial charge in [0, 0.05) is 27.7 Å². The van der Waals surface area contributed by atoms with Gasteiger partial charge < -0.3 is 20.4 Å². The first-order chi connectivity index (χ1) is 9.93. The highest BCUT2D eigenvalue weighted by Crippen LogP contribution is 1.79. The van der Waals surface area contributed by atoms with Gasteiger partial charge in [-0.2, -0.15) is 0 Å². The summed E-state index contributed by atoms with van der Waals surface area (Å²) in [6.07, 6.45) is 0. The molecule has 8 heteroatoms. The Morgan fingerprint density at radius 2 is 0.500 bits per heavy atom. The van der Waals surface area contributed by atoms with Crippen LogP contribution in [-0.4, -0.2) is 44.3 Å². The Morgan fingerprint density at radius 1 is 0.455 bits per heavy atom. The fourth-order valence-electron chi connectivity index (χ4n) is 0.385. The largest absolute Gasteiger partial charge is 0.481 e. The number of hydrogen-bond acceptors (Lipinski definition) is 4. The van der Waals surface area contributed by atoms with Crippen LogP contribution in [0.15, 0.2) is 36.4 Å². The quantitative estimate of drug-likeness (QED) is 0.567. The number of carbonyl (C=O) groups is 4. The fourth-order valence-corrected chi connectivity index (χ4v) is 0.385. The molecule has 8 nitrogen and oxygen atoms in total. The Balaban J connectivity index is -0.0000000937. The topological polar surface area (TPSA) is 149 Å². The molecule has 0 bridgehead atoms. The molecular formula is C14H22O8. The number of carboxylic acid groups (broad SMARTS) is 4. The predicted octanol–water partition coefficient (Wildman–Crippen LogP) is 2.05. The van der Waals surface area contributed by atoms with Gasteiger partial charge in [-0.25, -0.2) is 0 Å². The van der Waals surface area contributed by atoms with Crippen LogP contribution in [0.5, 0.6) is 0 Å². The molecule has 0 saturated heterocycles. The number of hydrogen-bond donors (Lipinski definition) is 4. The van der Waals surface area contributed by atoms with Crippen LogP contribution in [0.4, 0.5) is 0 Å². The third kappa shape index (κ3) is 461. The third-order valence-electron chi connectivity index (χ3n) is 0.667. The van der Waals surface area contributed by atoms with E-state index in [0.29, 0.717) is 0 Å². The van der Waals surface area contributed by atoms with E-state index in [1.807, 2.05) is 36.4 Å². The van der Waals surface area contributed by atoms with Crippen molar-refractivity contribution in [3.63, 3.8) is 0 Å². The van der Waals surface area contributed by atoms with Gasteiger partial charge in [0.05, 0.1) is 0 Å². The van der Waals surface area contributed by atoms with E-state index in [-0.39, 0.29) is 0 Å². The number of aliphatic carboxylic acids is 4. The van der Waals surface area contributed by atoms with Crippen molar-refractivity contribution in [2.24, 2.45) is 0 Å². The molecular weight excluding hydrogens is 296 g/mol. The van der Waals surface area contributed by atoms with Gasteiger partial charge in [0.15, 0.2) is 0 Å². The Morgan fingerprint density at radius 3 is 0.545 bits per heavy atom. The summed E-state index contributed by atoms with van der Waals surface area (Å²) in [6, 6.07) is 12.0. The molecule has 1 aromatic rings. The van der Waals surface area contributed by atoms with Crippen LogP contribution in [0.2, 0.25) is 0 Å². The molecule has 126 valence electrons. The lowest BCUT2D eigenvalue weighted by atomic mass is 10.4. The van der Waals surface area contributed by atoms with Gasteiger partial charge in [-0.15, -0.1) is 0 Å². The molecule has 0 aliphatic rings. The molecule has 0 aliphatic carbocycles. The molecule has 0 unspecified atom stereocenters. The molecule has 1 aromatic carbocycles. The van der Waals surface area contributed by atoms with Crippen LogP contribution in [0, 0.1) is 0 Å². The molecule has 0 spiro atoms. The molecule has 22 heavy (non-hydrogen) atoms. The van der Waals surface area contributed by atoms with Crippen molar-refractivity contribution >= 4 is 23.9 Å². The highest BCUT2D eigenvalue weighted by atomic mass is 16.4. The van der Waals surface area contributed by atoms with Gasteiger partial charge >= 0.3 is 0 Å². The molecule has 0 aliphatic heterocycles. The van der Waals surface area contributed by atoms with Crippen molar-refractivity contribution in [3.05, 3.63) is 36.4 Å². The highest BCUT2D eigenvalue weighted by molar-refractivity contribution is 5.63. The van der Waals surface area contributed by atoms with E-state index in [4.69, 9.17) is 39.6 Å². The molecule has 0 atom stereocenters. The SMILES string of the molecule is CC(=O)O.CC(=O)O.CC(=O)O.CC(=O)O.c1ccccc1. The standard InChI is InChI=1S/C6H6.4C2H4O2/c1-2-4-6-5-3-1;4*1-2(3)4/h1-6H;4*1H3,(H,3,4). The maximum atomic E-state index is 9.00. The second kappa shape index (κ2) is 23.2. The summed E-state index contributed by atoms with van der Waals surface area (Å²) in [5.41, 5.74) is 0. The number of rotatable bonds is 0. The summed E-state index contributed by atoms with van der Waals surface area (Å²) in [7, 11) is 0.